The fourth-order valence-corrected chi connectivity index (χ4v) is 2.11. The highest BCUT2D eigenvalue weighted by Crippen LogP contribution is 2.25. The van der Waals surface area contributed by atoms with Crippen molar-refractivity contribution in [1.82, 2.24) is 0 Å². The number of hydrogen-bond acceptors (Lipinski definition) is 2. The Morgan fingerprint density at radius 2 is 2.06 bits per heavy atom. The third-order valence-corrected chi connectivity index (χ3v) is 3.25. The SMILES string of the molecule is Oc1ccc(Br)cc1CNc1cccc(Cl)c1F. The second-order valence-corrected chi connectivity index (χ2v) is 5.05. The van der Waals surface area contributed by atoms with Crippen molar-refractivity contribution in [2.75, 3.05) is 5.32 Å². The van der Waals surface area contributed by atoms with Gasteiger partial charge in [0.2, 0.25) is 0 Å². The lowest BCUT2D eigenvalue weighted by Crippen LogP contribution is -2.02. The zero-order chi connectivity index (χ0) is 13.1. The second-order valence-electron chi connectivity index (χ2n) is 3.73. The van der Waals surface area contributed by atoms with Gasteiger partial charge in [0.25, 0.3) is 0 Å². The van der Waals surface area contributed by atoms with Gasteiger partial charge in [0.15, 0.2) is 5.82 Å². The Labute approximate surface area is 118 Å². The largest absolute Gasteiger partial charge is 0.508 e. The molecule has 0 fully saturated rings. The molecule has 0 atom stereocenters. The maximum atomic E-state index is 13.6. The molecular formula is C13H10BrClFNO. The van der Waals surface area contributed by atoms with Crippen LogP contribution in [0.1, 0.15) is 5.56 Å². The second kappa shape index (κ2) is 5.59. The average molecular weight is 331 g/mol. The first kappa shape index (κ1) is 13.2. The van der Waals surface area contributed by atoms with E-state index < -0.39 is 5.82 Å². The Kier molecular flexibility index (Phi) is 4.09. The quantitative estimate of drug-likeness (QED) is 0.864. The molecule has 0 heterocycles. The van der Waals surface area contributed by atoms with E-state index >= 15 is 0 Å². The number of aromatic hydroxyl groups is 1. The number of hydrogen-bond donors (Lipinski definition) is 2. The van der Waals surface area contributed by atoms with Crippen LogP contribution in [-0.4, -0.2) is 5.11 Å². The van der Waals surface area contributed by atoms with E-state index in [1.165, 1.54) is 6.07 Å². The summed E-state index contributed by atoms with van der Waals surface area (Å²) in [5.41, 5.74) is 0.977. The van der Waals surface area contributed by atoms with Crippen LogP contribution in [0.15, 0.2) is 40.9 Å². The van der Waals surface area contributed by atoms with E-state index in [0.717, 1.165) is 4.47 Å². The molecule has 0 radical (unpaired) electrons. The summed E-state index contributed by atoms with van der Waals surface area (Å²) in [6.07, 6.45) is 0. The normalized spacial score (nSPS) is 10.4. The molecule has 94 valence electrons. The minimum Gasteiger partial charge on any atom is -0.508 e. The summed E-state index contributed by atoms with van der Waals surface area (Å²) in [5.74, 6) is -0.332. The highest BCUT2D eigenvalue weighted by Gasteiger charge is 2.07. The van der Waals surface area contributed by atoms with Gasteiger partial charge >= 0.3 is 0 Å². The standard InChI is InChI=1S/C13H10BrClFNO/c14-9-4-5-12(18)8(6-9)7-17-11-3-1-2-10(15)13(11)16/h1-6,17-18H,7H2. The summed E-state index contributed by atoms with van der Waals surface area (Å²) < 4.78 is 14.5. The van der Waals surface area contributed by atoms with Crippen molar-refractivity contribution in [2.24, 2.45) is 0 Å². The van der Waals surface area contributed by atoms with E-state index in [9.17, 15) is 9.50 Å². The third-order valence-electron chi connectivity index (χ3n) is 2.46. The third kappa shape index (κ3) is 2.94. The van der Waals surface area contributed by atoms with Gasteiger partial charge in [-0.1, -0.05) is 33.6 Å². The molecule has 0 aliphatic rings. The maximum Gasteiger partial charge on any atom is 0.164 e. The highest BCUT2D eigenvalue weighted by molar-refractivity contribution is 9.10. The number of anilines is 1. The van der Waals surface area contributed by atoms with Crippen LogP contribution in [0.25, 0.3) is 0 Å². The Morgan fingerprint density at radius 1 is 1.28 bits per heavy atom. The van der Waals surface area contributed by atoms with Crippen molar-refractivity contribution in [2.45, 2.75) is 6.54 Å². The molecule has 5 heteroatoms. The lowest BCUT2D eigenvalue weighted by molar-refractivity contribution is 0.469. The Morgan fingerprint density at radius 3 is 2.83 bits per heavy atom. The number of phenols is 1. The number of rotatable bonds is 3. The summed E-state index contributed by atoms with van der Waals surface area (Å²) >= 11 is 8.99. The number of phenolic OH excluding ortho intramolecular Hbond substituents is 1. The van der Waals surface area contributed by atoms with Crippen LogP contribution in [0.4, 0.5) is 10.1 Å². The number of halogens is 3. The molecule has 0 bridgehead atoms. The van der Waals surface area contributed by atoms with Gasteiger partial charge in [-0.2, -0.15) is 0 Å². The van der Waals surface area contributed by atoms with Crippen molar-refractivity contribution >= 4 is 33.2 Å². The van der Waals surface area contributed by atoms with Gasteiger partial charge in [0.1, 0.15) is 5.75 Å². The van der Waals surface area contributed by atoms with Crippen molar-refractivity contribution in [3.63, 3.8) is 0 Å². The van der Waals surface area contributed by atoms with Crippen LogP contribution in [-0.2, 0) is 6.54 Å². The maximum absolute atomic E-state index is 13.6. The van der Waals surface area contributed by atoms with Crippen molar-refractivity contribution < 1.29 is 9.50 Å². The van der Waals surface area contributed by atoms with Gasteiger partial charge in [-0.3, -0.25) is 0 Å². The molecule has 0 saturated heterocycles. The summed E-state index contributed by atoms with van der Waals surface area (Å²) in [7, 11) is 0. The molecule has 2 N–H and O–H groups in total. The molecule has 2 nitrogen and oxygen atoms in total. The first-order valence-corrected chi connectivity index (χ1v) is 6.40. The fraction of sp³-hybridized carbons (Fsp3) is 0.0769. The molecular weight excluding hydrogens is 321 g/mol. The van der Waals surface area contributed by atoms with E-state index in [-0.39, 0.29) is 10.8 Å². The summed E-state index contributed by atoms with van der Waals surface area (Å²) in [6, 6.07) is 9.82. The number of nitrogens with one attached hydrogen (secondary N) is 1. The van der Waals surface area contributed by atoms with Crippen LogP contribution in [0.3, 0.4) is 0 Å². The molecule has 0 saturated carbocycles. The van der Waals surface area contributed by atoms with Crippen molar-refractivity contribution in [3.8, 4) is 5.75 Å². The molecule has 0 amide bonds. The Balaban J connectivity index is 2.16. The van der Waals surface area contributed by atoms with Crippen LogP contribution in [0.5, 0.6) is 5.75 Å². The lowest BCUT2D eigenvalue weighted by Gasteiger charge is -2.10. The molecule has 2 rings (SSSR count). The van der Waals surface area contributed by atoms with Crippen LogP contribution in [0, 0.1) is 5.82 Å². The molecule has 2 aromatic rings. The van der Waals surface area contributed by atoms with Crippen molar-refractivity contribution in [1.29, 1.82) is 0 Å². The number of benzene rings is 2. The van der Waals surface area contributed by atoms with Gasteiger partial charge in [-0.15, -0.1) is 0 Å². The molecule has 0 aromatic heterocycles. The molecule has 0 aliphatic heterocycles. The van der Waals surface area contributed by atoms with E-state index in [1.807, 2.05) is 0 Å². The van der Waals surface area contributed by atoms with Gasteiger partial charge in [-0.25, -0.2) is 4.39 Å². The van der Waals surface area contributed by atoms with Crippen LogP contribution >= 0.6 is 27.5 Å². The molecule has 0 aliphatic carbocycles. The topological polar surface area (TPSA) is 32.3 Å². The minimum atomic E-state index is -0.492. The lowest BCUT2D eigenvalue weighted by atomic mass is 10.2. The Hall–Kier alpha value is -1.26. The van der Waals surface area contributed by atoms with Crippen LogP contribution in [0.2, 0.25) is 5.02 Å². The van der Waals surface area contributed by atoms with E-state index in [2.05, 4.69) is 21.2 Å². The smallest absolute Gasteiger partial charge is 0.164 e. The zero-order valence-corrected chi connectivity index (χ0v) is 11.6. The summed E-state index contributed by atoms with van der Waals surface area (Å²) in [4.78, 5) is 0. The van der Waals surface area contributed by atoms with Crippen molar-refractivity contribution in [3.05, 3.63) is 57.3 Å². The van der Waals surface area contributed by atoms with Gasteiger partial charge < -0.3 is 10.4 Å². The molecule has 0 spiro atoms. The van der Waals surface area contributed by atoms with Gasteiger partial charge in [0.05, 0.1) is 10.7 Å². The predicted octanol–water partition coefficient (Wildman–Crippen LogP) is 4.56. The summed E-state index contributed by atoms with van der Waals surface area (Å²) in [6.45, 7) is 0.308. The minimum absolute atomic E-state index is 0.0680. The average Bonchev–Trinajstić information content (AvgIpc) is 2.35. The van der Waals surface area contributed by atoms with E-state index in [0.29, 0.717) is 17.8 Å². The first-order valence-electron chi connectivity index (χ1n) is 5.23. The monoisotopic (exact) mass is 329 g/mol. The van der Waals surface area contributed by atoms with E-state index in [4.69, 9.17) is 11.6 Å². The molecule has 0 unspecified atom stereocenters. The van der Waals surface area contributed by atoms with Crippen LogP contribution < -0.4 is 5.32 Å². The Bertz CT molecular complexity index is 575. The fourth-order valence-electron chi connectivity index (χ4n) is 1.53. The first-order chi connectivity index (χ1) is 8.58. The van der Waals surface area contributed by atoms with E-state index in [1.54, 1.807) is 30.3 Å². The van der Waals surface area contributed by atoms with Gasteiger partial charge in [-0.05, 0) is 30.3 Å². The zero-order valence-electron chi connectivity index (χ0n) is 9.25. The van der Waals surface area contributed by atoms with Gasteiger partial charge in [0, 0.05) is 16.6 Å². The molecule has 2 aromatic carbocycles. The summed E-state index contributed by atoms with van der Waals surface area (Å²) in [5, 5.41) is 12.6. The highest BCUT2D eigenvalue weighted by atomic mass is 79.9. The predicted molar refractivity (Wildman–Crippen MR) is 74.5 cm³/mol. The molecule has 18 heavy (non-hydrogen) atoms.